The van der Waals surface area contributed by atoms with Crippen molar-refractivity contribution in [2.24, 2.45) is 5.10 Å². The molecule has 1 atom stereocenters. The summed E-state index contributed by atoms with van der Waals surface area (Å²) in [5, 5.41) is 8.40. The van der Waals surface area contributed by atoms with E-state index in [1.54, 1.807) is 25.1 Å². The molecule has 0 aromatic heterocycles. The summed E-state index contributed by atoms with van der Waals surface area (Å²) in [5.74, 6) is 0.168. The summed E-state index contributed by atoms with van der Waals surface area (Å²) < 4.78 is 5.60. The van der Waals surface area contributed by atoms with E-state index in [1.807, 2.05) is 6.92 Å². The molecule has 1 aromatic rings. The molecule has 6 nitrogen and oxygen atoms in total. The maximum absolute atomic E-state index is 12.3. The van der Waals surface area contributed by atoms with Crippen molar-refractivity contribution in [1.82, 2.24) is 10.3 Å². The van der Waals surface area contributed by atoms with Crippen molar-refractivity contribution < 1.29 is 14.3 Å². The number of carbonyl (C=O) groups is 2. The highest BCUT2D eigenvalue weighted by Crippen LogP contribution is 2.36. The van der Waals surface area contributed by atoms with Crippen LogP contribution in [0, 0.1) is 0 Å². The smallest absolute Gasteiger partial charge is 0.346 e. The molecule has 1 N–H and O–H groups in total. The first kappa shape index (κ1) is 16.8. The second kappa shape index (κ2) is 6.11. The maximum atomic E-state index is 12.3. The van der Waals surface area contributed by atoms with Gasteiger partial charge < -0.3 is 10.1 Å². The number of imide groups is 1. The molecule has 0 spiro atoms. The van der Waals surface area contributed by atoms with E-state index in [4.69, 9.17) is 27.9 Å². The first-order valence-electron chi connectivity index (χ1n) is 7.37. The molecule has 0 unspecified atom stereocenters. The summed E-state index contributed by atoms with van der Waals surface area (Å²) in [6, 6.07) is 2.79. The third-order valence-corrected chi connectivity index (χ3v) is 4.55. The summed E-state index contributed by atoms with van der Waals surface area (Å²) in [6.07, 6.45) is 3.72. The van der Waals surface area contributed by atoms with Gasteiger partial charge in [0.25, 0.3) is 5.91 Å². The molecule has 8 heteroatoms. The number of halogens is 2. The Morgan fingerprint density at radius 3 is 2.83 bits per heavy atom. The van der Waals surface area contributed by atoms with Crippen LogP contribution >= 0.6 is 23.2 Å². The third kappa shape index (κ3) is 2.87. The molecule has 2 aliphatic rings. The minimum absolute atomic E-state index is 0.229. The molecule has 0 aliphatic carbocycles. The van der Waals surface area contributed by atoms with Crippen LogP contribution < -0.4 is 10.1 Å². The van der Waals surface area contributed by atoms with Gasteiger partial charge in [0, 0.05) is 16.2 Å². The number of carbonyl (C=O) groups excluding carboxylic acids is 2. The number of ether oxygens (including phenoxy) is 1. The van der Waals surface area contributed by atoms with Crippen LogP contribution in [0.4, 0.5) is 4.79 Å². The zero-order chi connectivity index (χ0) is 17.5. The number of fused-ring (bicyclic) bond motifs is 1. The number of urea groups is 1. The van der Waals surface area contributed by atoms with E-state index >= 15 is 0 Å². The zero-order valence-corrected chi connectivity index (χ0v) is 14.6. The number of hydrazone groups is 1. The van der Waals surface area contributed by atoms with Crippen molar-refractivity contribution in [3.05, 3.63) is 33.3 Å². The highest BCUT2D eigenvalue weighted by atomic mass is 35.5. The summed E-state index contributed by atoms with van der Waals surface area (Å²) >= 11 is 12.1. The zero-order valence-electron chi connectivity index (χ0n) is 13.1. The van der Waals surface area contributed by atoms with Crippen molar-refractivity contribution >= 4 is 47.4 Å². The van der Waals surface area contributed by atoms with Gasteiger partial charge >= 0.3 is 6.03 Å². The second-order valence-electron chi connectivity index (χ2n) is 5.79. The molecule has 0 bridgehead atoms. The monoisotopic (exact) mass is 367 g/mol. The highest BCUT2D eigenvalue weighted by molar-refractivity contribution is 6.36. The molecule has 2 aliphatic heterocycles. The Bertz CT molecular complexity index is 791. The molecule has 1 aromatic carbocycles. The van der Waals surface area contributed by atoms with Gasteiger partial charge in [-0.25, -0.2) is 4.79 Å². The molecule has 1 fully saturated rings. The van der Waals surface area contributed by atoms with E-state index < -0.39 is 11.6 Å². The van der Waals surface area contributed by atoms with Crippen molar-refractivity contribution in [2.45, 2.75) is 25.8 Å². The van der Waals surface area contributed by atoms with E-state index in [9.17, 15) is 9.59 Å². The first-order valence-corrected chi connectivity index (χ1v) is 8.13. The lowest BCUT2D eigenvalue weighted by Crippen LogP contribution is -2.42. The fraction of sp³-hybridized carbons (Fsp3) is 0.312. The number of nitrogens with one attached hydrogen (secondary N) is 1. The Morgan fingerprint density at radius 2 is 2.17 bits per heavy atom. The van der Waals surface area contributed by atoms with Gasteiger partial charge in [0.05, 0.1) is 11.2 Å². The van der Waals surface area contributed by atoms with Gasteiger partial charge in [0.15, 0.2) is 0 Å². The molecule has 3 rings (SSSR count). The van der Waals surface area contributed by atoms with Crippen LogP contribution in [0.2, 0.25) is 10.0 Å². The van der Waals surface area contributed by atoms with Gasteiger partial charge in [0.1, 0.15) is 17.9 Å². The number of nitrogens with zero attached hydrogens (tertiary/aromatic N) is 2. The van der Waals surface area contributed by atoms with Crippen LogP contribution in [0.15, 0.2) is 22.8 Å². The summed E-state index contributed by atoms with van der Waals surface area (Å²) in [5.41, 5.74) is 0.488. The Hall–Kier alpha value is -2.05. The standard InChI is InChI=1S/C16H15Cl2N3O3/c1-3-16(2)14(22)21(15(23)20-16)19-7-9-4-10-5-11(17)6-12(18)13(10)24-8-9/h4-7H,3,8H2,1-2H3,(H,20,23)/b19-7-/t16-/m1/s1. The number of amides is 3. The van der Waals surface area contributed by atoms with Crippen molar-refractivity contribution in [1.29, 1.82) is 0 Å². The van der Waals surface area contributed by atoms with Crippen LogP contribution in [0.5, 0.6) is 5.75 Å². The molecule has 3 amide bonds. The number of benzene rings is 1. The maximum Gasteiger partial charge on any atom is 0.346 e. The van der Waals surface area contributed by atoms with Crippen molar-refractivity contribution in [3.63, 3.8) is 0 Å². The van der Waals surface area contributed by atoms with Gasteiger partial charge in [-0.2, -0.15) is 5.10 Å². The topological polar surface area (TPSA) is 71.0 Å². The van der Waals surface area contributed by atoms with Crippen LogP contribution in [-0.2, 0) is 4.79 Å². The summed E-state index contributed by atoms with van der Waals surface area (Å²) in [4.78, 5) is 24.2. The van der Waals surface area contributed by atoms with E-state index in [1.165, 1.54) is 6.21 Å². The lowest BCUT2D eigenvalue weighted by atomic mass is 10.00. The Labute approximate surface area is 149 Å². The lowest BCUT2D eigenvalue weighted by Gasteiger charge is -2.18. The minimum Gasteiger partial charge on any atom is -0.487 e. The molecule has 0 saturated carbocycles. The van der Waals surface area contributed by atoms with Gasteiger partial charge in [-0.05, 0) is 31.6 Å². The Kier molecular flexibility index (Phi) is 4.27. The predicted octanol–water partition coefficient (Wildman–Crippen LogP) is 3.48. The van der Waals surface area contributed by atoms with Gasteiger partial charge in [0.2, 0.25) is 0 Å². The minimum atomic E-state index is -0.917. The van der Waals surface area contributed by atoms with Crippen molar-refractivity contribution in [2.75, 3.05) is 6.61 Å². The largest absolute Gasteiger partial charge is 0.487 e. The van der Waals surface area contributed by atoms with Crippen LogP contribution in [0.25, 0.3) is 6.08 Å². The summed E-state index contributed by atoms with van der Waals surface area (Å²) in [7, 11) is 0. The van der Waals surface area contributed by atoms with E-state index in [2.05, 4.69) is 10.4 Å². The quantitative estimate of drug-likeness (QED) is 0.656. The normalized spacial score (nSPS) is 23.2. The predicted molar refractivity (Wildman–Crippen MR) is 92.5 cm³/mol. The highest BCUT2D eigenvalue weighted by Gasteiger charge is 2.46. The van der Waals surface area contributed by atoms with E-state index in [0.717, 1.165) is 10.6 Å². The molecule has 2 heterocycles. The van der Waals surface area contributed by atoms with E-state index in [0.29, 0.717) is 27.8 Å². The van der Waals surface area contributed by atoms with Gasteiger partial charge in [-0.1, -0.05) is 30.1 Å². The molecular formula is C16H15Cl2N3O3. The second-order valence-corrected chi connectivity index (χ2v) is 6.63. The molecular weight excluding hydrogens is 353 g/mol. The number of hydrogen-bond acceptors (Lipinski definition) is 4. The fourth-order valence-electron chi connectivity index (χ4n) is 2.46. The molecule has 0 radical (unpaired) electrons. The van der Waals surface area contributed by atoms with Gasteiger partial charge in [-0.3, -0.25) is 4.79 Å². The molecule has 126 valence electrons. The first-order chi connectivity index (χ1) is 11.3. The molecule has 1 saturated heterocycles. The average molecular weight is 368 g/mol. The van der Waals surface area contributed by atoms with Crippen LogP contribution in [0.1, 0.15) is 25.8 Å². The SMILES string of the molecule is CC[C@@]1(C)NC(=O)N(/N=C\C2=Cc3cc(Cl)cc(Cl)c3OC2)C1=O. The van der Waals surface area contributed by atoms with Crippen LogP contribution in [-0.4, -0.2) is 35.3 Å². The third-order valence-electron chi connectivity index (χ3n) is 4.05. The summed E-state index contributed by atoms with van der Waals surface area (Å²) in [6.45, 7) is 3.73. The number of rotatable bonds is 3. The molecule has 24 heavy (non-hydrogen) atoms. The lowest BCUT2D eigenvalue weighted by molar-refractivity contribution is -0.130. The van der Waals surface area contributed by atoms with Crippen molar-refractivity contribution in [3.8, 4) is 5.75 Å². The Balaban J connectivity index is 1.84. The van der Waals surface area contributed by atoms with Gasteiger partial charge in [-0.15, -0.1) is 5.01 Å². The number of hydrogen-bond donors (Lipinski definition) is 1. The Morgan fingerprint density at radius 1 is 1.42 bits per heavy atom. The van der Waals surface area contributed by atoms with E-state index in [-0.39, 0.29) is 12.5 Å². The fourth-order valence-corrected chi connectivity index (χ4v) is 3.02. The van der Waals surface area contributed by atoms with Crippen LogP contribution in [0.3, 0.4) is 0 Å². The average Bonchev–Trinajstić information content (AvgIpc) is 2.75.